The maximum absolute atomic E-state index is 4.15. The van der Waals surface area contributed by atoms with Gasteiger partial charge in [0.25, 0.3) is 0 Å². The minimum absolute atomic E-state index is 0.359. The highest BCUT2D eigenvalue weighted by molar-refractivity contribution is 4.88. The van der Waals surface area contributed by atoms with E-state index in [1.807, 2.05) is 23.2 Å². The first-order valence-corrected chi connectivity index (χ1v) is 5.29. The first-order valence-electron chi connectivity index (χ1n) is 5.29. The van der Waals surface area contributed by atoms with Crippen molar-refractivity contribution in [1.29, 1.82) is 0 Å². The zero-order chi connectivity index (χ0) is 11.2. The number of nitrogens with one attached hydrogen (secondary N) is 1. The van der Waals surface area contributed by atoms with E-state index >= 15 is 0 Å². The molecule has 1 atom stereocenters. The quantitative estimate of drug-likeness (QED) is 0.806. The summed E-state index contributed by atoms with van der Waals surface area (Å²) in [5.41, 5.74) is 0. The molecule has 2 heterocycles. The van der Waals surface area contributed by atoms with Crippen LogP contribution in [0.25, 0.3) is 0 Å². The van der Waals surface area contributed by atoms with Gasteiger partial charge in [-0.25, -0.2) is 15.0 Å². The molecule has 2 aromatic rings. The van der Waals surface area contributed by atoms with Crippen molar-refractivity contribution in [2.75, 3.05) is 0 Å². The van der Waals surface area contributed by atoms with Gasteiger partial charge in [0, 0.05) is 37.4 Å². The third-order valence-corrected chi connectivity index (χ3v) is 2.27. The van der Waals surface area contributed by atoms with E-state index in [1.54, 1.807) is 18.6 Å². The molecule has 0 saturated heterocycles. The summed E-state index contributed by atoms with van der Waals surface area (Å²) in [6, 6.07) is 2.18. The van der Waals surface area contributed by atoms with E-state index in [1.165, 1.54) is 0 Å². The lowest BCUT2D eigenvalue weighted by atomic mass is 10.3. The molecule has 1 unspecified atom stereocenters. The maximum atomic E-state index is 4.15. The molecule has 0 aliphatic heterocycles. The Morgan fingerprint density at radius 1 is 1.31 bits per heavy atom. The van der Waals surface area contributed by atoms with Gasteiger partial charge in [0.05, 0.1) is 12.9 Å². The normalized spacial score (nSPS) is 12.6. The highest BCUT2D eigenvalue weighted by Crippen LogP contribution is 1.93. The average Bonchev–Trinajstić information content (AvgIpc) is 2.81. The molecule has 16 heavy (non-hydrogen) atoms. The van der Waals surface area contributed by atoms with Crippen LogP contribution < -0.4 is 5.32 Å². The SMILES string of the molecule is CC(Cn1ccnc1)NCc1ncccn1. The van der Waals surface area contributed by atoms with E-state index in [4.69, 9.17) is 0 Å². The molecule has 0 aliphatic rings. The molecule has 2 rings (SSSR count). The lowest BCUT2D eigenvalue weighted by Crippen LogP contribution is -2.30. The third-order valence-electron chi connectivity index (χ3n) is 2.27. The van der Waals surface area contributed by atoms with Crippen LogP contribution in [0.5, 0.6) is 0 Å². The Bertz CT molecular complexity index is 398. The van der Waals surface area contributed by atoms with Crippen molar-refractivity contribution in [3.63, 3.8) is 0 Å². The Kier molecular flexibility index (Phi) is 3.61. The number of rotatable bonds is 5. The fourth-order valence-electron chi connectivity index (χ4n) is 1.46. The average molecular weight is 217 g/mol. The van der Waals surface area contributed by atoms with Crippen molar-refractivity contribution < 1.29 is 0 Å². The number of hydrogen-bond acceptors (Lipinski definition) is 4. The Morgan fingerprint density at radius 2 is 2.12 bits per heavy atom. The minimum atomic E-state index is 0.359. The van der Waals surface area contributed by atoms with Crippen molar-refractivity contribution in [3.8, 4) is 0 Å². The van der Waals surface area contributed by atoms with Crippen LogP contribution >= 0.6 is 0 Å². The van der Waals surface area contributed by atoms with Crippen LogP contribution in [0.1, 0.15) is 12.7 Å². The van der Waals surface area contributed by atoms with Gasteiger partial charge in [-0.05, 0) is 13.0 Å². The molecule has 2 aromatic heterocycles. The van der Waals surface area contributed by atoms with Gasteiger partial charge in [-0.15, -0.1) is 0 Å². The second-order valence-electron chi connectivity index (χ2n) is 3.71. The second-order valence-corrected chi connectivity index (χ2v) is 3.71. The fraction of sp³-hybridized carbons (Fsp3) is 0.364. The monoisotopic (exact) mass is 217 g/mol. The molecule has 0 bridgehead atoms. The molecule has 0 aromatic carbocycles. The Morgan fingerprint density at radius 3 is 2.81 bits per heavy atom. The van der Waals surface area contributed by atoms with E-state index in [0.29, 0.717) is 12.6 Å². The fourth-order valence-corrected chi connectivity index (χ4v) is 1.46. The van der Waals surface area contributed by atoms with Gasteiger partial charge in [-0.1, -0.05) is 0 Å². The maximum Gasteiger partial charge on any atom is 0.141 e. The van der Waals surface area contributed by atoms with E-state index in [-0.39, 0.29) is 0 Å². The first kappa shape index (κ1) is 10.8. The van der Waals surface area contributed by atoms with Crippen molar-refractivity contribution in [1.82, 2.24) is 24.8 Å². The van der Waals surface area contributed by atoms with E-state index in [9.17, 15) is 0 Å². The molecule has 0 radical (unpaired) electrons. The van der Waals surface area contributed by atoms with Crippen LogP contribution in [0, 0.1) is 0 Å². The highest BCUT2D eigenvalue weighted by Gasteiger charge is 2.02. The van der Waals surface area contributed by atoms with Gasteiger partial charge >= 0.3 is 0 Å². The number of hydrogen-bond donors (Lipinski definition) is 1. The summed E-state index contributed by atoms with van der Waals surface area (Å²) in [5.74, 6) is 0.819. The Balaban J connectivity index is 1.78. The standard InChI is InChI=1S/C11H15N5/c1-10(8-16-6-5-12-9-16)15-7-11-13-3-2-4-14-11/h2-6,9-10,15H,7-8H2,1H3. The van der Waals surface area contributed by atoms with Gasteiger partial charge in [0.15, 0.2) is 0 Å². The van der Waals surface area contributed by atoms with E-state index in [0.717, 1.165) is 12.4 Å². The predicted molar refractivity (Wildman–Crippen MR) is 60.6 cm³/mol. The summed E-state index contributed by atoms with van der Waals surface area (Å²) in [7, 11) is 0. The summed E-state index contributed by atoms with van der Waals surface area (Å²) in [5, 5.41) is 3.36. The predicted octanol–water partition coefficient (Wildman–Crippen LogP) is 0.851. The van der Waals surface area contributed by atoms with Crippen LogP contribution in [0.15, 0.2) is 37.2 Å². The first-order chi connectivity index (χ1) is 7.84. The van der Waals surface area contributed by atoms with Crippen molar-refractivity contribution in [2.24, 2.45) is 0 Å². The molecule has 0 fully saturated rings. The molecule has 0 aliphatic carbocycles. The van der Waals surface area contributed by atoms with Crippen molar-refractivity contribution >= 4 is 0 Å². The third kappa shape index (κ3) is 3.13. The summed E-state index contributed by atoms with van der Waals surface area (Å²) >= 11 is 0. The van der Waals surface area contributed by atoms with Gasteiger partial charge in [0.1, 0.15) is 5.82 Å². The molecular weight excluding hydrogens is 202 g/mol. The second kappa shape index (κ2) is 5.37. The zero-order valence-corrected chi connectivity index (χ0v) is 9.24. The molecule has 5 heteroatoms. The molecular formula is C11H15N5. The van der Waals surface area contributed by atoms with E-state index in [2.05, 4.69) is 27.2 Å². The number of nitrogens with zero attached hydrogens (tertiary/aromatic N) is 4. The van der Waals surface area contributed by atoms with Gasteiger partial charge in [-0.2, -0.15) is 0 Å². The Hall–Kier alpha value is -1.75. The molecule has 0 spiro atoms. The molecule has 0 amide bonds. The summed E-state index contributed by atoms with van der Waals surface area (Å²) in [6.45, 7) is 3.71. The summed E-state index contributed by atoms with van der Waals surface area (Å²) in [6.07, 6.45) is 9.07. The number of imidazole rings is 1. The summed E-state index contributed by atoms with van der Waals surface area (Å²) in [4.78, 5) is 12.3. The van der Waals surface area contributed by atoms with E-state index < -0.39 is 0 Å². The molecule has 1 N–H and O–H groups in total. The van der Waals surface area contributed by atoms with Crippen LogP contribution in [0.4, 0.5) is 0 Å². The van der Waals surface area contributed by atoms with Gasteiger partial charge < -0.3 is 9.88 Å². The van der Waals surface area contributed by atoms with Gasteiger partial charge in [0.2, 0.25) is 0 Å². The van der Waals surface area contributed by atoms with Crippen LogP contribution in [-0.2, 0) is 13.1 Å². The summed E-state index contributed by atoms with van der Waals surface area (Å²) < 4.78 is 2.05. The lowest BCUT2D eigenvalue weighted by Gasteiger charge is -2.13. The zero-order valence-electron chi connectivity index (χ0n) is 9.24. The topological polar surface area (TPSA) is 55.6 Å². The molecule has 5 nitrogen and oxygen atoms in total. The smallest absolute Gasteiger partial charge is 0.141 e. The number of aromatic nitrogens is 4. The minimum Gasteiger partial charge on any atom is -0.336 e. The van der Waals surface area contributed by atoms with Crippen molar-refractivity contribution in [2.45, 2.75) is 26.1 Å². The van der Waals surface area contributed by atoms with Crippen molar-refractivity contribution in [3.05, 3.63) is 43.0 Å². The Labute approximate surface area is 94.6 Å². The highest BCUT2D eigenvalue weighted by atomic mass is 15.1. The molecule has 0 saturated carbocycles. The molecule has 84 valence electrons. The van der Waals surface area contributed by atoms with Gasteiger partial charge in [-0.3, -0.25) is 0 Å². The van der Waals surface area contributed by atoms with Crippen LogP contribution in [0.2, 0.25) is 0 Å². The lowest BCUT2D eigenvalue weighted by molar-refractivity contribution is 0.469. The van der Waals surface area contributed by atoms with Crippen LogP contribution in [-0.4, -0.2) is 25.6 Å². The largest absolute Gasteiger partial charge is 0.336 e. The van der Waals surface area contributed by atoms with Crippen LogP contribution in [0.3, 0.4) is 0 Å².